The molecule has 2 aromatic carbocycles. The molecule has 9 heteroatoms. The van der Waals surface area contributed by atoms with Gasteiger partial charge < -0.3 is 36.6 Å². The monoisotopic (exact) mass is 472 g/mol. The van der Waals surface area contributed by atoms with Gasteiger partial charge in [0, 0.05) is 50.2 Å². The number of hydrogen-bond donors (Lipinski definition) is 4. The zero-order chi connectivity index (χ0) is 23.4. The lowest BCUT2D eigenvalue weighted by Crippen LogP contribution is -2.41. The zero-order valence-corrected chi connectivity index (χ0v) is 19.5. The van der Waals surface area contributed by atoms with Crippen LogP contribution < -0.4 is 27.0 Å². The Morgan fingerprint density at radius 1 is 1.24 bits per heavy atom. The minimum absolute atomic E-state index is 0.140. The third-order valence-electron chi connectivity index (χ3n) is 5.90. The molecule has 176 valence electrons. The normalized spacial score (nSPS) is 17.2. The van der Waals surface area contributed by atoms with Crippen molar-refractivity contribution in [3.05, 3.63) is 81.8 Å². The van der Waals surface area contributed by atoms with Gasteiger partial charge in [0.1, 0.15) is 17.5 Å². The third-order valence-corrected chi connectivity index (χ3v) is 6.31. The zero-order valence-electron chi connectivity index (χ0n) is 18.7. The predicted molar refractivity (Wildman–Crippen MR) is 131 cm³/mol. The second-order valence-electron chi connectivity index (χ2n) is 8.18. The third kappa shape index (κ3) is 5.46. The molecule has 1 saturated heterocycles. The first-order valence-corrected chi connectivity index (χ1v) is 11.4. The molecule has 0 atom stereocenters. The van der Waals surface area contributed by atoms with Crippen molar-refractivity contribution >= 4 is 23.0 Å². The van der Waals surface area contributed by atoms with Gasteiger partial charge in [-0.05, 0) is 42.3 Å². The van der Waals surface area contributed by atoms with Crippen LogP contribution in [-0.2, 0) is 11.3 Å². The lowest BCUT2D eigenvalue weighted by Gasteiger charge is -2.33. The lowest BCUT2D eigenvalue weighted by atomic mass is 10.1. The van der Waals surface area contributed by atoms with Crippen molar-refractivity contribution in [2.45, 2.75) is 13.5 Å². The Hall–Kier alpha value is -3.10. The number of nitrogens with one attached hydrogen (secondary N) is 2. The maximum atomic E-state index is 14.1. The number of morpholine rings is 1. The molecule has 0 radical (unpaired) electrons. The Labute approximate surface area is 198 Å². The van der Waals surface area contributed by atoms with Gasteiger partial charge in [-0.2, -0.15) is 0 Å². The molecule has 0 aromatic heterocycles. The van der Waals surface area contributed by atoms with Gasteiger partial charge in [-0.15, -0.1) is 0 Å². The SMILES string of the molecule is Cc1ccc(F)c(Cl)c1CN1CCNC(N)=C1/C=C(\N)Nc1cccc(N2CCOCC2)c1. The number of halogens is 2. The molecule has 1 fully saturated rings. The number of anilines is 2. The molecule has 0 bridgehead atoms. The van der Waals surface area contributed by atoms with Crippen molar-refractivity contribution in [1.82, 2.24) is 10.2 Å². The summed E-state index contributed by atoms with van der Waals surface area (Å²) >= 11 is 6.26. The fraction of sp³-hybridized carbons (Fsp3) is 0.333. The van der Waals surface area contributed by atoms with E-state index >= 15 is 0 Å². The lowest BCUT2D eigenvalue weighted by molar-refractivity contribution is 0.122. The van der Waals surface area contributed by atoms with Crippen molar-refractivity contribution in [1.29, 1.82) is 0 Å². The highest BCUT2D eigenvalue weighted by Gasteiger charge is 2.20. The van der Waals surface area contributed by atoms with Gasteiger partial charge in [-0.1, -0.05) is 23.7 Å². The maximum absolute atomic E-state index is 14.1. The minimum Gasteiger partial charge on any atom is -0.385 e. The number of allylic oxidation sites excluding steroid dienone is 1. The van der Waals surface area contributed by atoms with Gasteiger partial charge in [0.2, 0.25) is 0 Å². The molecule has 2 aliphatic heterocycles. The van der Waals surface area contributed by atoms with E-state index in [2.05, 4.69) is 32.6 Å². The van der Waals surface area contributed by atoms with E-state index in [1.165, 1.54) is 6.07 Å². The van der Waals surface area contributed by atoms with Crippen LogP contribution in [0.1, 0.15) is 11.1 Å². The minimum atomic E-state index is -0.428. The fourth-order valence-electron chi connectivity index (χ4n) is 4.07. The first-order valence-electron chi connectivity index (χ1n) is 11.0. The Morgan fingerprint density at radius 3 is 2.82 bits per heavy atom. The number of aryl methyl sites for hydroxylation is 1. The van der Waals surface area contributed by atoms with Crippen LogP contribution in [0, 0.1) is 12.7 Å². The Morgan fingerprint density at radius 2 is 2.03 bits per heavy atom. The molecule has 7 nitrogen and oxygen atoms in total. The van der Waals surface area contributed by atoms with Gasteiger partial charge in [-0.25, -0.2) is 4.39 Å². The van der Waals surface area contributed by atoms with E-state index in [0.717, 1.165) is 54.5 Å². The second-order valence-corrected chi connectivity index (χ2v) is 8.56. The quantitative estimate of drug-likeness (QED) is 0.513. The van der Waals surface area contributed by atoms with Crippen LogP contribution in [0.5, 0.6) is 0 Å². The summed E-state index contributed by atoms with van der Waals surface area (Å²) in [5.74, 6) is 0.531. The molecular weight excluding hydrogens is 443 g/mol. The standard InChI is InChI=1S/C24H30ClFN6O/c1-16-5-6-20(26)23(25)19(16)15-32-8-7-29-24(28)21(32)14-22(27)30-17-3-2-4-18(13-17)31-9-11-33-12-10-31/h2-6,13-14,29-30H,7-12,15,27-28H2,1H3/b22-14+. The number of ether oxygens (including phenoxy) is 1. The van der Waals surface area contributed by atoms with Crippen molar-refractivity contribution in [2.75, 3.05) is 49.6 Å². The van der Waals surface area contributed by atoms with Crippen LogP contribution in [0.15, 0.2) is 59.8 Å². The molecule has 2 aromatic rings. The number of nitrogens with two attached hydrogens (primary N) is 2. The fourth-order valence-corrected chi connectivity index (χ4v) is 4.34. The average molecular weight is 473 g/mol. The second kappa shape index (κ2) is 10.2. The Kier molecular flexibility index (Phi) is 7.15. The van der Waals surface area contributed by atoms with Crippen LogP contribution in [0.3, 0.4) is 0 Å². The van der Waals surface area contributed by atoms with Gasteiger partial charge in [-0.3, -0.25) is 0 Å². The molecule has 2 heterocycles. The molecule has 0 saturated carbocycles. The average Bonchev–Trinajstić information content (AvgIpc) is 2.82. The van der Waals surface area contributed by atoms with Gasteiger partial charge in [0.25, 0.3) is 0 Å². The van der Waals surface area contributed by atoms with E-state index in [1.807, 2.05) is 19.1 Å². The maximum Gasteiger partial charge on any atom is 0.142 e. The Bertz CT molecular complexity index is 1070. The molecule has 0 amide bonds. The van der Waals surface area contributed by atoms with E-state index in [1.54, 1.807) is 12.1 Å². The summed E-state index contributed by atoms with van der Waals surface area (Å²) in [6.07, 6.45) is 1.80. The van der Waals surface area contributed by atoms with Gasteiger partial charge >= 0.3 is 0 Å². The highest BCUT2D eigenvalue weighted by atomic mass is 35.5. The summed E-state index contributed by atoms with van der Waals surface area (Å²) in [5.41, 5.74) is 17.0. The van der Waals surface area contributed by atoms with Crippen molar-refractivity contribution in [2.24, 2.45) is 11.5 Å². The summed E-state index contributed by atoms with van der Waals surface area (Å²) in [4.78, 5) is 4.34. The van der Waals surface area contributed by atoms with E-state index in [0.29, 0.717) is 31.3 Å². The number of benzene rings is 2. The Balaban J connectivity index is 1.53. The summed E-state index contributed by atoms with van der Waals surface area (Å²) < 4.78 is 19.5. The van der Waals surface area contributed by atoms with Crippen molar-refractivity contribution in [3.63, 3.8) is 0 Å². The highest BCUT2D eigenvalue weighted by molar-refractivity contribution is 6.31. The first-order chi connectivity index (χ1) is 15.9. The van der Waals surface area contributed by atoms with E-state index in [-0.39, 0.29) is 5.02 Å². The number of nitrogens with zero attached hydrogens (tertiary/aromatic N) is 2. The van der Waals surface area contributed by atoms with E-state index in [4.69, 9.17) is 27.8 Å². The van der Waals surface area contributed by atoms with Crippen LogP contribution >= 0.6 is 11.6 Å². The summed E-state index contributed by atoms with van der Waals surface area (Å²) in [7, 11) is 0. The van der Waals surface area contributed by atoms with Crippen molar-refractivity contribution < 1.29 is 9.13 Å². The molecule has 0 spiro atoms. The topological polar surface area (TPSA) is 91.8 Å². The van der Waals surface area contributed by atoms with Gasteiger partial charge in [0.05, 0.1) is 23.9 Å². The number of rotatable bonds is 6. The molecule has 2 aliphatic rings. The number of hydrogen-bond acceptors (Lipinski definition) is 7. The van der Waals surface area contributed by atoms with Crippen LogP contribution in [-0.4, -0.2) is 44.3 Å². The molecule has 4 rings (SSSR count). The van der Waals surface area contributed by atoms with Crippen LogP contribution in [0.25, 0.3) is 0 Å². The van der Waals surface area contributed by atoms with E-state index in [9.17, 15) is 4.39 Å². The summed E-state index contributed by atoms with van der Waals surface area (Å²) in [5, 5.41) is 6.57. The van der Waals surface area contributed by atoms with Crippen molar-refractivity contribution in [3.8, 4) is 0 Å². The highest BCUT2D eigenvalue weighted by Crippen LogP contribution is 2.27. The summed E-state index contributed by atoms with van der Waals surface area (Å²) in [6.45, 7) is 6.87. The summed E-state index contributed by atoms with van der Waals surface area (Å²) in [6, 6.07) is 11.2. The molecule has 0 unspecified atom stereocenters. The van der Waals surface area contributed by atoms with Gasteiger partial charge in [0.15, 0.2) is 0 Å². The largest absolute Gasteiger partial charge is 0.385 e. The molecular formula is C24H30ClFN6O. The molecule has 0 aliphatic carbocycles. The predicted octanol–water partition coefficient (Wildman–Crippen LogP) is 3.07. The first kappa shape index (κ1) is 23.1. The molecule has 6 N–H and O–H groups in total. The van der Waals surface area contributed by atoms with E-state index < -0.39 is 5.82 Å². The smallest absolute Gasteiger partial charge is 0.142 e. The van der Waals surface area contributed by atoms with Crippen LogP contribution in [0.4, 0.5) is 15.8 Å². The molecule has 33 heavy (non-hydrogen) atoms. The van der Waals surface area contributed by atoms with Crippen LogP contribution in [0.2, 0.25) is 5.02 Å².